The van der Waals surface area contributed by atoms with Gasteiger partial charge >= 0.3 is 6.18 Å². The standard InChI is InChI=1S/C13H7ClF3N3O3/c14-9-2-1-5-18-11(9)19-12(21)8-4-3-7(13(15,16)17)6-10(8)20(22)23/h1-6H,(H,18,19,21). The SMILES string of the molecule is O=C(Nc1ncccc1Cl)c1ccc(C(F)(F)F)cc1[N+](=O)[O-]. The lowest BCUT2D eigenvalue weighted by Gasteiger charge is -2.09. The average Bonchev–Trinajstić information content (AvgIpc) is 2.48. The van der Waals surface area contributed by atoms with Gasteiger partial charge in [-0.1, -0.05) is 11.6 Å². The molecule has 0 aliphatic heterocycles. The van der Waals surface area contributed by atoms with Gasteiger partial charge in [-0.25, -0.2) is 4.98 Å². The van der Waals surface area contributed by atoms with E-state index in [1.807, 2.05) is 0 Å². The van der Waals surface area contributed by atoms with Crippen LogP contribution in [0.15, 0.2) is 36.5 Å². The second kappa shape index (κ2) is 6.21. The molecule has 23 heavy (non-hydrogen) atoms. The first-order chi connectivity index (χ1) is 10.7. The van der Waals surface area contributed by atoms with E-state index in [9.17, 15) is 28.1 Å². The normalized spacial score (nSPS) is 11.1. The van der Waals surface area contributed by atoms with Crippen molar-refractivity contribution in [3.8, 4) is 0 Å². The number of aromatic nitrogens is 1. The van der Waals surface area contributed by atoms with E-state index in [1.165, 1.54) is 18.3 Å². The zero-order valence-electron chi connectivity index (χ0n) is 11.1. The quantitative estimate of drug-likeness (QED) is 0.675. The van der Waals surface area contributed by atoms with Crippen LogP contribution in [0.1, 0.15) is 15.9 Å². The van der Waals surface area contributed by atoms with Gasteiger partial charge in [-0.3, -0.25) is 14.9 Å². The maximum Gasteiger partial charge on any atom is 0.416 e. The molecule has 0 aliphatic rings. The summed E-state index contributed by atoms with van der Waals surface area (Å²) in [5, 5.41) is 13.2. The molecule has 1 aromatic heterocycles. The summed E-state index contributed by atoms with van der Waals surface area (Å²) in [6.45, 7) is 0. The highest BCUT2D eigenvalue weighted by Crippen LogP contribution is 2.33. The van der Waals surface area contributed by atoms with Gasteiger partial charge in [-0.2, -0.15) is 13.2 Å². The fourth-order valence-corrected chi connectivity index (χ4v) is 1.87. The molecular formula is C13H7ClF3N3O3. The third kappa shape index (κ3) is 3.75. The molecule has 2 aromatic rings. The summed E-state index contributed by atoms with van der Waals surface area (Å²) in [7, 11) is 0. The molecule has 0 spiro atoms. The summed E-state index contributed by atoms with van der Waals surface area (Å²) in [6.07, 6.45) is -3.44. The number of anilines is 1. The Morgan fingerprint density at radius 3 is 2.57 bits per heavy atom. The van der Waals surface area contributed by atoms with E-state index >= 15 is 0 Å². The van der Waals surface area contributed by atoms with Crippen molar-refractivity contribution in [2.24, 2.45) is 0 Å². The Labute approximate surface area is 132 Å². The van der Waals surface area contributed by atoms with Crippen molar-refractivity contribution in [3.05, 3.63) is 62.8 Å². The number of hydrogen-bond donors (Lipinski definition) is 1. The van der Waals surface area contributed by atoms with Gasteiger partial charge in [0.15, 0.2) is 5.82 Å². The number of rotatable bonds is 3. The number of nitrogens with zero attached hydrogens (tertiary/aromatic N) is 2. The van der Waals surface area contributed by atoms with Gasteiger partial charge in [0.25, 0.3) is 11.6 Å². The molecule has 120 valence electrons. The first kappa shape index (κ1) is 16.7. The van der Waals surface area contributed by atoms with Gasteiger partial charge in [0.1, 0.15) is 5.56 Å². The number of nitro benzene ring substituents is 1. The Morgan fingerprint density at radius 2 is 2.00 bits per heavy atom. The van der Waals surface area contributed by atoms with E-state index in [0.29, 0.717) is 12.1 Å². The lowest BCUT2D eigenvalue weighted by atomic mass is 10.1. The molecule has 0 radical (unpaired) electrons. The Balaban J connectivity index is 2.41. The maximum atomic E-state index is 12.6. The predicted molar refractivity (Wildman–Crippen MR) is 75.3 cm³/mol. The predicted octanol–water partition coefficient (Wildman–Crippen LogP) is 3.91. The summed E-state index contributed by atoms with van der Waals surface area (Å²) in [4.78, 5) is 25.7. The number of halogens is 4. The number of benzene rings is 1. The van der Waals surface area contributed by atoms with Crippen LogP contribution in [0.5, 0.6) is 0 Å². The number of carbonyl (C=O) groups excluding carboxylic acids is 1. The first-order valence-electron chi connectivity index (χ1n) is 5.97. The maximum absolute atomic E-state index is 12.6. The van der Waals surface area contributed by atoms with Gasteiger partial charge in [0.2, 0.25) is 0 Å². The highest BCUT2D eigenvalue weighted by atomic mass is 35.5. The van der Waals surface area contributed by atoms with Crippen LogP contribution in [-0.4, -0.2) is 15.8 Å². The van der Waals surface area contributed by atoms with Crippen LogP contribution < -0.4 is 5.32 Å². The van der Waals surface area contributed by atoms with Crippen LogP contribution in [0.3, 0.4) is 0 Å². The average molecular weight is 346 g/mol. The molecule has 0 fully saturated rings. The number of alkyl halides is 3. The number of nitro groups is 1. The number of pyridine rings is 1. The highest BCUT2D eigenvalue weighted by molar-refractivity contribution is 6.33. The molecule has 0 bridgehead atoms. The minimum absolute atomic E-state index is 0.0617. The number of carbonyl (C=O) groups is 1. The van der Waals surface area contributed by atoms with Gasteiger partial charge in [-0.15, -0.1) is 0 Å². The van der Waals surface area contributed by atoms with Crippen molar-refractivity contribution >= 4 is 29.0 Å². The molecule has 0 saturated heterocycles. The van der Waals surface area contributed by atoms with Crippen molar-refractivity contribution < 1.29 is 22.9 Å². The van der Waals surface area contributed by atoms with Crippen LogP contribution in [0.25, 0.3) is 0 Å². The van der Waals surface area contributed by atoms with Crippen molar-refractivity contribution in [1.82, 2.24) is 4.98 Å². The number of amides is 1. The van der Waals surface area contributed by atoms with Gasteiger partial charge in [-0.05, 0) is 24.3 Å². The number of nitrogens with one attached hydrogen (secondary N) is 1. The number of hydrogen-bond acceptors (Lipinski definition) is 4. The Bertz CT molecular complexity index is 781. The molecule has 6 nitrogen and oxygen atoms in total. The van der Waals surface area contributed by atoms with Crippen molar-refractivity contribution in [2.45, 2.75) is 6.18 Å². The largest absolute Gasteiger partial charge is 0.416 e. The van der Waals surface area contributed by atoms with Crippen LogP contribution in [0.2, 0.25) is 5.02 Å². The van der Waals surface area contributed by atoms with E-state index in [4.69, 9.17) is 11.6 Å². The summed E-state index contributed by atoms with van der Waals surface area (Å²) in [5.41, 5.74) is -2.73. The van der Waals surface area contributed by atoms with Gasteiger partial charge in [0.05, 0.1) is 15.5 Å². The lowest BCUT2D eigenvalue weighted by Crippen LogP contribution is -2.16. The molecule has 0 atom stereocenters. The minimum atomic E-state index is -4.76. The third-order valence-electron chi connectivity index (χ3n) is 2.76. The Hall–Kier alpha value is -2.68. The summed E-state index contributed by atoms with van der Waals surface area (Å²) in [5.74, 6) is -1.06. The summed E-state index contributed by atoms with van der Waals surface area (Å²) < 4.78 is 37.8. The molecule has 1 N–H and O–H groups in total. The van der Waals surface area contributed by atoms with E-state index in [2.05, 4.69) is 10.3 Å². The smallest absolute Gasteiger partial charge is 0.305 e. The molecule has 0 saturated carbocycles. The van der Waals surface area contributed by atoms with E-state index in [1.54, 1.807) is 0 Å². The Morgan fingerprint density at radius 1 is 1.30 bits per heavy atom. The molecule has 2 rings (SSSR count). The highest BCUT2D eigenvalue weighted by Gasteiger charge is 2.34. The fourth-order valence-electron chi connectivity index (χ4n) is 1.70. The molecule has 1 aromatic carbocycles. The van der Waals surface area contributed by atoms with Gasteiger partial charge < -0.3 is 5.32 Å². The zero-order chi connectivity index (χ0) is 17.2. The van der Waals surface area contributed by atoms with Crippen LogP contribution >= 0.6 is 11.6 Å². The van der Waals surface area contributed by atoms with Crippen molar-refractivity contribution in [1.29, 1.82) is 0 Å². The summed E-state index contributed by atoms with van der Waals surface area (Å²) >= 11 is 5.78. The van der Waals surface area contributed by atoms with E-state index in [-0.39, 0.29) is 10.8 Å². The molecule has 1 amide bonds. The van der Waals surface area contributed by atoms with E-state index < -0.39 is 33.8 Å². The monoisotopic (exact) mass is 345 g/mol. The third-order valence-corrected chi connectivity index (χ3v) is 3.06. The zero-order valence-corrected chi connectivity index (χ0v) is 11.9. The molecule has 0 unspecified atom stereocenters. The second-order valence-corrected chi connectivity index (χ2v) is 4.68. The topological polar surface area (TPSA) is 85.1 Å². The van der Waals surface area contributed by atoms with Crippen molar-refractivity contribution in [2.75, 3.05) is 5.32 Å². The lowest BCUT2D eigenvalue weighted by molar-refractivity contribution is -0.385. The van der Waals surface area contributed by atoms with Crippen molar-refractivity contribution in [3.63, 3.8) is 0 Å². The second-order valence-electron chi connectivity index (χ2n) is 4.27. The van der Waals surface area contributed by atoms with Crippen LogP contribution in [0.4, 0.5) is 24.7 Å². The molecule has 0 aliphatic carbocycles. The summed E-state index contributed by atoms with van der Waals surface area (Å²) in [6, 6.07) is 4.54. The molecule has 1 heterocycles. The fraction of sp³-hybridized carbons (Fsp3) is 0.0769. The molecular weight excluding hydrogens is 339 g/mol. The Kier molecular flexibility index (Phi) is 4.50. The minimum Gasteiger partial charge on any atom is -0.305 e. The van der Waals surface area contributed by atoms with Gasteiger partial charge in [0, 0.05) is 12.3 Å². The molecule has 10 heteroatoms. The first-order valence-corrected chi connectivity index (χ1v) is 6.35. The van der Waals surface area contributed by atoms with Crippen LogP contribution in [-0.2, 0) is 6.18 Å². The van der Waals surface area contributed by atoms with Crippen LogP contribution in [0, 0.1) is 10.1 Å². The van der Waals surface area contributed by atoms with E-state index in [0.717, 1.165) is 6.07 Å².